The van der Waals surface area contributed by atoms with Gasteiger partial charge in [0.05, 0.1) is 5.92 Å². The number of hydrogen-bond donors (Lipinski definition) is 0. The van der Waals surface area contributed by atoms with Crippen molar-refractivity contribution < 1.29 is 9.53 Å². The molecule has 0 N–H and O–H groups in total. The number of carbonyl (C=O) groups excluding carboxylic acids is 1. The molecule has 7 heteroatoms. The Morgan fingerprint density at radius 3 is 2.38 bits per heavy atom. The van der Waals surface area contributed by atoms with Crippen LogP contribution >= 0.6 is 0 Å². The number of ether oxygens (including phenoxy) is 1. The summed E-state index contributed by atoms with van der Waals surface area (Å²) in [5.74, 6) is 2.13. The lowest BCUT2D eigenvalue weighted by atomic mass is 9.96. The van der Waals surface area contributed by atoms with E-state index in [9.17, 15) is 4.79 Å². The number of amides is 1. The monoisotopic (exact) mass is 457 g/mol. The molecule has 3 heterocycles. The molecule has 176 valence electrons. The number of para-hydroxylation sites is 1. The zero-order valence-electron chi connectivity index (χ0n) is 19.6. The Kier molecular flexibility index (Phi) is 6.60. The molecule has 1 atom stereocenters. The normalized spacial score (nSPS) is 18.6. The second-order valence-electron chi connectivity index (χ2n) is 9.03. The lowest BCUT2D eigenvalue weighted by Gasteiger charge is -2.40. The first-order valence-electron chi connectivity index (χ1n) is 12.1. The SMILES string of the molecule is Cc1ccc(Oc2nccnc2N2CCC[C@@H](C(=O)N3CCN(c4ccccc4)CC3)C2)cc1. The van der Waals surface area contributed by atoms with Crippen LogP contribution in [0.2, 0.25) is 0 Å². The van der Waals surface area contributed by atoms with Gasteiger partial charge < -0.3 is 19.4 Å². The molecule has 2 aromatic carbocycles. The van der Waals surface area contributed by atoms with Gasteiger partial charge in [0.15, 0.2) is 5.82 Å². The summed E-state index contributed by atoms with van der Waals surface area (Å²) in [7, 11) is 0. The Morgan fingerprint density at radius 1 is 0.882 bits per heavy atom. The minimum Gasteiger partial charge on any atom is -0.436 e. The topological polar surface area (TPSA) is 61.8 Å². The van der Waals surface area contributed by atoms with Gasteiger partial charge >= 0.3 is 0 Å². The van der Waals surface area contributed by atoms with Crippen molar-refractivity contribution in [1.29, 1.82) is 0 Å². The predicted molar refractivity (Wildman–Crippen MR) is 133 cm³/mol. The van der Waals surface area contributed by atoms with Gasteiger partial charge in [-0.05, 0) is 44.0 Å². The first kappa shape index (κ1) is 22.2. The minimum atomic E-state index is -0.0359. The molecule has 1 amide bonds. The van der Waals surface area contributed by atoms with Gasteiger partial charge in [-0.25, -0.2) is 9.97 Å². The highest BCUT2D eigenvalue weighted by Crippen LogP contribution is 2.31. The molecule has 7 nitrogen and oxygen atoms in total. The van der Waals surface area contributed by atoms with Crippen LogP contribution in [0.1, 0.15) is 18.4 Å². The minimum absolute atomic E-state index is 0.0359. The van der Waals surface area contributed by atoms with E-state index in [0.717, 1.165) is 51.3 Å². The average molecular weight is 458 g/mol. The van der Waals surface area contributed by atoms with Crippen molar-refractivity contribution in [2.45, 2.75) is 19.8 Å². The van der Waals surface area contributed by atoms with E-state index >= 15 is 0 Å². The van der Waals surface area contributed by atoms with Crippen molar-refractivity contribution in [2.24, 2.45) is 5.92 Å². The molecule has 2 aliphatic rings. The molecule has 0 saturated carbocycles. The third-order valence-corrected chi connectivity index (χ3v) is 6.66. The van der Waals surface area contributed by atoms with Gasteiger partial charge in [-0.3, -0.25) is 4.79 Å². The molecule has 0 unspecified atom stereocenters. The summed E-state index contributed by atoms with van der Waals surface area (Å²) in [5, 5.41) is 0. The highest BCUT2D eigenvalue weighted by Gasteiger charge is 2.32. The van der Waals surface area contributed by atoms with Crippen LogP contribution < -0.4 is 14.5 Å². The number of nitrogens with zero attached hydrogens (tertiary/aromatic N) is 5. The fourth-order valence-electron chi connectivity index (χ4n) is 4.78. The first-order valence-corrected chi connectivity index (χ1v) is 12.1. The average Bonchev–Trinajstić information content (AvgIpc) is 2.90. The molecule has 0 aliphatic carbocycles. The number of carbonyl (C=O) groups is 1. The van der Waals surface area contributed by atoms with Crippen molar-refractivity contribution >= 4 is 17.4 Å². The second-order valence-corrected chi connectivity index (χ2v) is 9.03. The molecule has 5 rings (SSSR count). The standard InChI is InChI=1S/C27H31N5O2/c1-21-9-11-24(12-10-21)34-26-25(28-13-14-29-26)32-15-5-6-22(20-32)27(33)31-18-16-30(17-19-31)23-7-3-2-4-8-23/h2-4,7-14,22H,5-6,15-20H2,1H3/t22-/m1/s1. The maximum atomic E-state index is 13.4. The van der Waals surface area contributed by atoms with Gasteiger partial charge in [0.2, 0.25) is 5.91 Å². The maximum Gasteiger partial charge on any atom is 0.263 e. The van der Waals surface area contributed by atoms with E-state index in [4.69, 9.17) is 4.74 Å². The zero-order chi connectivity index (χ0) is 23.3. The lowest BCUT2D eigenvalue weighted by molar-refractivity contribution is -0.136. The molecule has 1 aromatic heterocycles. The summed E-state index contributed by atoms with van der Waals surface area (Å²) in [4.78, 5) is 29.0. The largest absolute Gasteiger partial charge is 0.436 e. The van der Waals surface area contributed by atoms with Crippen LogP contribution in [0.4, 0.5) is 11.5 Å². The number of rotatable bonds is 5. The Bertz CT molecular complexity index is 1100. The maximum absolute atomic E-state index is 13.4. The molecule has 0 spiro atoms. The van der Waals surface area contributed by atoms with Crippen molar-refractivity contribution in [3.05, 3.63) is 72.6 Å². The number of piperidine rings is 1. The van der Waals surface area contributed by atoms with E-state index in [1.807, 2.05) is 42.2 Å². The highest BCUT2D eigenvalue weighted by molar-refractivity contribution is 5.80. The Balaban J connectivity index is 1.23. The third kappa shape index (κ3) is 4.98. The predicted octanol–water partition coefficient (Wildman–Crippen LogP) is 4.14. The molecule has 2 saturated heterocycles. The highest BCUT2D eigenvalue weighted by atomic mass is 16.5. The lowest BCUT2D eigenvalue weighted by Crippen LogP contribution is -2.52. The van der Waals surface area contributed by atoms with E-state index in [-0.39, 0.29) is 11.8 Å². The van der Waals surface area contributed by atoms with E-state index in [1.165, 1.54) is 11.3 Å². The summed E-state index contributed by atoms with van der Waals surface area (Å²) >= 11 is 0. The van der Waals surface area contributed by atoms with Crippen LogP contribution in [0.15, 0.2) is 67.0 Å². The molecule has 3 aromatic rings. The number of anilines is 2. The quantitative estimate of drug-likeness (QED) is 0.574. The van der Waals surface area contributed by atoms with E-state index in [2.05, 4.69) is 44.0 Å². The Labute approximate surface area is 201 Å². The van der Waals surface area contributed by atoms with Crippen LogP contribution in [0.3, 0.4) is 0 Å². The third-order valence-electron chi connectivity index (χ3n) is 6.66. The zero-order valence-corrected chi connectivity index (χ0v) is 19.6. The fraction of sp³-hybridized carbons (Fsp3) is 0.370. The van der Waals surface area contributed by atoms with Crippen LogP contribution in [0, 0.1) is 12.8 Å². The van der Waals surface area contributed by atoms with Gasteiger partial charge in [0.1, 0.15) is 5.75 Å². The fourth-order valence-corrected chi connectivity index (χ4v) is 4.78. The Morgan fingerprint density at radius 2 is 1.62 bits per heavy atom. The van der Waals surface area contributed by atoms with E-state index in [0.29, 0.717) is 18.2 Å². The number of aromatic nitrogens is 2. The second kappa shape index (κ2) is 10.1. The van der Waals surface area contributed by atoms with Crippen LogP contribution in [0.25, 0.3) is 0 Å². The molecule has 2 fully saturated rings. The van der Waals surface area contributed by atoms with Gasteiger partial charge in [-0.1, -0.05) is 35.9 Å². The van der Waals surface area contributed by atoms with Crippen molar-refractivity contribution in [3.8, 4) is 11.6 Å². The molecule has 0 bridgehead atoms. The van der Waals surface area contributed by atoms with Crippen LogP contribution in [0.5, 0.6) is 11.6 Å². The number of aryl methyl sites for hydroxylation is 1. The molecule has 34 heavy (non-hydrogen) atoms. The van der Waals surface area contributed by atoms with E-state index < -0.39 is 0 Å². The van der Waals surface area contributed by atoms with Crippen molar-refractivity contribution in [2.75, 3.05) is 49.1 Å². The molecular formula is C27H31N5O2. The van der Waals surface area contributed by atoms with Gasteiger partial charge in [0, 0.05) is 57.3 Å². The number of benzene rings is 2. The summed E-state index contributed by atoms with van der Waals surface area (Å²) in [6.07, 6.45) is 5.18. The summed E-state index contributed by atoms with van der Waals surface area (Å²) in [6.45, 7) is 6.78. The summed E-state index contributed by atoms with van der Waals surface area (Å²) < 4.78 is 6.07. The Hall–Kier alpha value is -3.61. The van der Waals surface area contributed by atoms with Crippen molar-refractivity contribution in [3.63, 3.8) is 0 Å². The summed E-state index contributed by atoms with van der Waals surface area (Å²) in [6, 6.07) is 18.3. The van der Waals surface area contributed by atoms with Crippen molar-refractivity contribution in [1.82, 2.24) is 14.9 Å². The number of piperazine rings is 1. The van der Waals surface area contributed by atoms with Crippen LogP contribution in [-0.4, -0.2) is 60.0 Å². The van der Waals surface area contributed by atoms with E-state index in [1.54, 1.807) is 12.4 Å². The van der Waals surface area contributed by atoms with Gasteiger partial charge in [-0.15, -0.1) is 0 Å². The summed E-state index contributed by atoms with van der Waals surface area (Å²) in [5.41, 5.74) is 2.40. The van der Waals surface area contributed by atoms with Crippen LogP contribution in [-0.2, 0) is 4.79 Å². The smallest absolute Gasteiger partial charge is 0.263 e. The first-order chi connectivity index (χ1) is 16.7. The van der Waals surface area contributed by atoms with Gasteiger partial charge in [0.25, 0.3) is 5.88 Å². The van der Waals surface area contributed by atoms with Gasteiger partial charge in [-0.2, -0.15) is 0 Å². The number of hydrogen-bond acceptors (Lipinski definition) is 6. The molecule has 2 aliphatic heterocycles. The molecular weight excluding hydrogens is 426 g/mol. The molecule has 0 radical (unpaired) electrons.